The SMILES string of the molecule is CCN(C(=O)NC1CCC(C)(C)CC1)C(C)CC(=O)O. The first-order valence-corrected chi connectivity index (χ1v) is 7.54. The molecule has 2 amide bonds. The quantitative estimate of drug-likeness (QED) is 0.815. The van der Waals surface area contributed by atoms with Gasteiger partial charge in [-0.2, -0.15) is 0 Å². The molecule has 0 heterocycles. The van der Waals surface area contributed by atoms with Gasteiger partial charge < -0.3 is 15.3 Å². The van der Waals surface area contributed by atoms with Crippen LogP contribution < -0.4 is 5.32 Å². The van der Waals surface area contributed by atoms with E-state index >= 15 is 0 Å². The molecule has 1 aliphatic rings. The Hall–Kier alpha value is -1.26. The third-order valence-corrected chi connectivity index (χ3v) is 4.27. The van der Waals surface area contributed by atoms with Crippen LogP contribution in [0.5, 0.6) is 0 Å². The number of nitrogens with zero attached hydrogens (tertiary/aromatic N) is 1. The Kier molecular flexibility index (Phi) is 5.84. The maximum absolute atomic E-state index is 12.2. The van der Waals surface area contributed by atoms with E-state index in [1.165, 1.54) is 0 Å². The number of rotatable bonds is 5. The van der Waals surface area contributed by atoms with Crippen LogP contribution in [0.4, 0.5) is 4.79 Å². The molecule has 0 spiro atoms. The predicted molar refractivity (Wildman–Crippen MR) is 78.7 cm³/mol. The van der Waals surface area contributed by atoms with Gasteiger partial charge in [-0.3, -0.25) is 4.79 Å². The van der Waals surface area contributed by atoms with E-state index in [2.05, 4.69) is 19.2 Å². The lowest BCUT2D eigenvalue weighted by molar-refractivity contribution is -0.138. The predicted octanol–water partition coefficient (Wildman–Crippen LogP) is 2.85. The molecule has 1 aliphatic carbocycles. The first-order valence-electron chi connectivity index (χ1n) is 7.54. The maximum atomic E-state index is 12.2. The second-order valence-electron chi connectivity index (χ2n) is 6.62. The van der Waals surface area contributed by atoms with Crippen molar-refractivity contribution in [3.05, 3.63) is 0 Å². The van der Waals surface area contributed by atoms with Gasteiger partial charge in [0.05, 0.1) is 6.42 Å². The lowest BCUT2D eigenvalue weighted by Crippen LogP contribution is -2.50. The van der Waals surface area contributed by atoms with Gasteiger partial charge in [-0.1, -0.05) is 13.8 Å². The van der Waals surface area contributed by atoms with Gasteiger partial charge in [0.15, 0.2) is 0 Å². The van der Waals surface area contributed by atoms with Gasteiger partial charge in [0.2, 0.25) is 0 Å². The number of carboxylic acid groups (broad SMARTS) is 1. The van der Waals surface area contributed by atoms with Crippen molar-refractivity contribution >= 4 is 12.0 Å². The standard InChI is InChI=1S/C15H28N2O3/c1-5-17(11(2)10-13(18)19)14(20)16-12-6-8-15(3,4)9-7-12/h11-12H,5-10H2,1-4H3,(H,16,20)(H,18,19). The fourth-order valence-corrected chi connectivity index (χ4v) is 2.82. The summed E-state index contributed by atoms with van der Waals surface area (Å²) in [7, 11) is 0. The van der Waals surface area contributed by atoms with E-state index in [1.54, 1.807) is 11.8 Å². The van der Waals surface area contributed by atoms with Crippen molar-refractivity contribution in [3.63, 3.8) is 0 Å². The Morgan fingerprint density at radius 3 is 2.35 bits per heavy atom. The van der Waals surface area contributed by atoms with Gasteiger partial charge in [-0.05, 0) is 44.9 Å². The van der Waals surface area contributed by atoms with Gasteiger partial charge in [0.1, 0.15) is 0 Å². The Labute approximate surface area is 121 Å². The molecule has 1 rings (SSSR count). The summed E-state index contributed by atoms with van der Waals surface area (Å²) in [6, 6.07) is -0.190. The van der Waals surface area contributed by atoms with E-state index in [9.17, 15) is 9.59 Å². The van der Waals surface area contributed by atoms with Crippen molar-refractivity contribution in [2.45, 2.75) is 71.9 Å². The van der Waals surface area contributed by atoms with E-state index in [0.717, 1.165) is 25.7 Å². The maximum Gasteiger partial charge on any atom is 0.317 e. The summed E-state index contributed by atoms with van der Waals surface area (Å²) in [6.07, 6.45) is 4.23. The lowest BCUT2D eigenvalue weighted by atomic mass is 9.75. The van der Waals surface area contributed by atoms with Crippen LogP contribution in [0.25, 0.3) is 0 Å². The van der Waals surface area contributed by atoms with Gasteiger partial charge >= 0.3 is 12.0 Å². The smallest absolute Gasteiger partial charge is 0.317 e. The van der Waals surface area contributed by atoms with E-state index in [1.807, 2.05) is 6.92 Å². The Bertz CT molecular complexity index is 345. The van der Waals surface area contributed by atoms with Crippen LogP contribution in [0.3, 0.4) is 0 Å². The number of amides is 2. The van der Waals surface area contributed by atoms with E-state index in [-0.39, 0.29) is 24.5 Å². The third-order valence-electron chi connectivity index (χ3n) is 4.27. The first kappa shape index (κ1) is 16.8. The number of urea groups is 1. The monoisotopic (exact) mass is 284 g/mol. The molecule has 1 saturated carbocycles. The van der Waals surface area contributed by atoms with Crippen LogP contribution in [0.1, 0.15) is 59.8 Å². The molecule has 5 nitrogen and oxygen atoms in total. The van der Waals surface area contributed by atoms with Crippen LogP contribution in [0.15, 0.2) is 0 Å². The molecular weight excluding hydrogens is 256 g/mol. The number of aliphatic carboxylic acids is 1. The summed E-state index contributed by atoms with van der Waals surface area (Å²) in [6.45, 7) is 8.71. The summed E-state index contributed by atoms with van der Waals surface area (Å²) < 4.78 is 0. The molecule has 5 heteroatoms. The average Bonchev–Trinajstić information content (AvgIpc) is 2.32. The minimum absolute atomic E-state index is 0.0149. The van der Waals surface area contributed by atoms with Crippen LogP contribution in [-0.4, -0.2) is 40.6 Å². The van der Waals surface area contributed by atoms with Crippen molar-refractivity contribution in [1.29, 1.82) is 0 Å². The third kappa shape index (κ3) is 5.02. The zero-order valence-electron chi connectivity index (χ0n) is 13.1. The minimum Gasteiger partial charge on any atom is -0.481 e. The highest BCUT2D eigenvalue weighted by atomic mass is 16.4. The van der Waals surface area contributed by atoms with Crippen LogP contribution >= 0.6 is 0 Å². The number of nitrogens with one attached hydrogen (secondary N) is 1. The molecule has 2 N–H and O–H groups in total. The normalized spacial score (nSPS) is 20.2. The van der Waals surface area contributed by atoms with Gasteiger partial charge in [0, 0.05) is 18.6 Å². The molecule has 0 aromatic carbocycles. The molecule has 1 fully saturated rings. The van der Waals surface area contributed by atoms with Crippen molar-refractivity contribution in [2.24, 2.45) is 5.41 Å². The number of carbonyl (C=O) groups is 2. The topological polar surface area (TPSA) is 69.6 Å². The van der Waals surface area contributed by atoms with E-state index in [0.29, 0.717) is 12.0 Å². The van der Waals surface area contributed by atoms with Crippen molar-refractivity contribution < 1.29 is 14.7 Å². The van der Waals surface area contributed by atoms with Crippen LogP contribution in [0, 0.1) is 5.41 Å². The summed E-state index contributed by atoms with van der Waals surface area (Å²) in [5.41, 5.74) is 0.377. The molecular formula is C15H28N2O3. The number of hydrogen-bond donors (Lipinski definition) is 2. The molecule has 0 radical (unpaired) electrons. The molecule has 1 atom stereocenters. The van der Waals surface area contributed by atoms with Gasteiger partial charge in [-0.15, -0.1) is 0 Å². The molecule has 1 unspecified atom stereocenters. The zero-order chi connectivity index (χ0) is 15.3. The van der Waals surface area contributed by atoms with Crippen molar-refractivity contribution in [3.8, 4) is 0 Å². The second kappa shape index (κ2) is 6.95. The fourth-order valence-electron chi connectivity index (χ4n) is 2.82. The highest BCUT2D eigenvalue weighted by Gasteiger charge is 2.29. The van der Waals surface area contributed by atoms with Gasteiger partial charge in [-0.25, -0.2) is 4.79 Å². The van der Waals surface area contributed by atoms with Crippen molar-refractivity contribution in [1.82, 2.24) is 10.2 Å². The van der Waals surface area contributed by atoms with E-state index in [4.69, 9.17) is 5.11 Å². The summed E-state index contributed by atoms with van der Waals surface area (Å²) in [4.78, 5) is 24.6. The molecule has 20 heavy (non-hydrogen) atoms. The highest BCUT2D eigenvalue weighted by Crippen LogP contribution is 2.35. The second-order valence-corrected chi connectivity index (χ2v) is 6.62. The Balaban J connectivity index is 2.49. The Morgan fingerprint density at radius 1 is 1.35 bits per heavy atom. The highest BCUT2D eigenvalue weighted by molar-refractivity contribution is 5.76. The average molecular weight is 284 g/mol. The molecule has 0 bridgehead atoms. The summed E-state index contributed by atoms with van der Waals surface area (Å²) in [5.74, 6) is -0.872. The number of carbonyl (C=O) groups excluding carboxylic acids is 1. The first-order chi connectivity index (χ1) is 9.25. The molecule has 0 saturated heterocycles. The van der Waals surface area contributed by atoms with Crippen LogP contribution in [0.2, 0.25) is 0 Å². The molecule has 0 aliphatic heterocycles. The summed E-state index contributed by atoms with van der Waals surface area (Å²) in [5, 5.41) is 11.9. The molecule has 0 aromatic heterocycles. The van der Waals surface area contributed by atoms with E-state index < -0.39 is 5.97 Å². The van der Waals surface area contributed by atoms with Crippen LogP contribution in [-0.2, 0) is 4.79 Å². The number of hydrogen-bond acceptors (Lipinski definition) is 2. The molecule has 0 aromatic rings. The largest absolute Gasteiger partial charge is 0.481 e. The lowest BCUT2D eigenvalue weighted by Gasteiger charge is -2.36. The Morgan fingerprint density at radius 2 is 1.90 bits per heavy atom. The molecule has 116 valence electrons. The number of carboxylic acids is 1. The fraction of sp³-hybridized carbons (Fsp3) is 0.867. The minimum atomic E-state index is -0.872. The van der Waals surface area contributed by atoms with Crippen molar-refractivity contribution in [2.75, 3.05) is 6.54 Å². The van der Waals surface area contributed by atoms with Gasteiger partial charge in [0.25, 0.3) is 0 Å². The summed E-state index contributed by atoms with van der Waals surface area (Å²) >= 11 is 0. The zero-order valence-corrected chi connectivity index (χ0v) is 13.1.